The fraction of sp³-hybridized carbons (Fsp3) is 0.409. The van der Waals surface area contributed by atoms with E-state index in [2.05, 4.69) is 62.4 Å². The molecular formula is C88H106O8. The van der Waals surface area contributed by atoms with E-state index in [1.165, 1.54) is 229 Å². The molecule has 0 atom stereocenters. The number of aryl methyl sites for hydroxylation is 2. The Bertz CT molecular complexity index is 3280. The van der Waals surface area contributed by atoms with Crippen LogP contribution in [-0.4, -0.2) is 23.9 Å². The minimum absolute atomic E-state index is 0.224. The summed E-state index contributed by atoms with van der Waals surface area (Å²) in [4.78, 5) is 53.1. The van der Waals surface area contributed by atoms with Crippen molar-refractivity contribution in [2.45, 2.75) is 232 Å². The molecule has 0 aromatic heterocycles. The molecule has 506 valence electrons. The summed E-state index contributed by atoms with van der Waals surface area (Å²) in [6.07, 6.45) is 46.1. The lowest BCUT2D eigenvalue weighted by Crippen LogP contribution is -2.11. The topological polar surface area (TPSA) is 105 Å². The van der Waals surface area contributed by atoms with Gasteiger partial charge in [-0.05, 0) is 155 Å². The number of ether oxygens (including phenoxy) is 4. The molecule has 0 N–H and O–H groups in total. The first-order valence-electron chi connectivity index (χ1n) is 36.9. The van der Waals surface area contributed by atoms with Gasteiger partial charge in [0, 0.05) is 0 Å². The molecule has 8 rings (SSSR count). The van der Waals surface area contributed by atoms with E-state index in [9.17, 15) is 19.2 Å². The Hall–Kier alpha value is -8.36. The molecule has 0 fully saturated rings. The molecule has 8 heteroatoms. The molecule has 8 aromatic carbocycles. The molecule has 0 amide bonds. The molecule has 0 saturated heterocycles. The van der Waals surface area contributed by atoms with E-state index < -0.39 is 23.9 Å². The SMILES string of the molecule is CCCCCCCCCCCCCCCCCCc1ccc(-c2ccc(C(=O)Oc3cccc(C(=O)Oc4ccc(-c5ccc(OC(=O)c6cccc(OC(=O)c7ccc(-c8ccc(CCCCCCCCCCCCCCCCCC)cc8)cc7)c6)cc5)cc4)c3)cc2)cc1. The van der Waals surface area contributed by atoms with Crippen molar-refractivity contribution in [3.05, 3.63) is 228 Å². The molecule has 0 saturated carbocycles. The van der Waals surface area contributed by atoms with E-state index in [1.807, 2.05) is 48.5 Å². The van der Waals surface area contributed by atoms with Crippen molar-refractivity contribution >= 4 is 23.9 Å². The number of rotatable bonds is 45. The lowest BCUT2D eigenvalue weighted by molar-refractivity contribution is 0.0714. The minimum Gasteiger partial charge on any atom is -0.423 e. The third-order valence-corrected chi connectivity index (χ3v) is 18.5. The summed E-state index contributed by atoms with van der Waals surface area (Å²) in [5.41, 5.74) is 9.85. The summed E-state index contributed by atoms with van der Waals surface area (Å²) in [6.45, 7) is 4.57. The van der Waals surface area contributed by atoms with Crippen molar-refractivity contribution in [2.24, 2.45) is 0 Å². The predicted molar refractivity (Wildman–Crippen MR) is 395 cm³/mol. The number of carbonyl (C=O) groups is 4. The van der Waals surface area contributed by atoms with Crippen LogP contribution in [0.5, 0.6) is 23.0 Å². The van der Waals surface area contributed by atoms with Gasteiger partial charge in [0.1, 0.15) is 23.0 Å². The normalized spacial score (nSPS) is 11.1. The Morgan fingerprint density at radius 1 is 0.219 bits per heavy atom. The van der Waals surface area contributed by atoms with Gasteiger partial charge in [-0.3, -0.25) is 0 Å². The fourth-order valence-corrected chi connectivity index (χ4v) is 12.5. The minimum atomic E-state index is -0.604. The second-order valence-corrected chi connectivity index (χ2v) is 26.3. The van der Waals surface area contributed by atoms with Gasteiger partial charge in [-0.15, -0.1) is 0 Å². The van der Waals surface area contributed by atoms with Crippen molar-refractivity contribution in [3.63, 3.8) is 0 Å². The zero-order chi connectivity index (χ0) is 67.0. The average molecular weight is 1290 g/mol. The van der Waals surface area contributed by atoms with Gasteiger partial charge in [-0.2, -0.15) is 0 Å². The zero-order valence-corrected chi connectivity index (χ0v) is 57.8. The highest BCUT2D eigenvalue weighted by Crippen LogP contribution is 2.29. The summed E-state index contributed by atoms with van der Waals surface area (Å²) >= 11 is 0. The van der Waals surface area contributed by atoms with Crippen molar-refractivity contribution in [2.75, 3.05) is 0 Å². The molecule has 0 heterocycles. The van der Waals surface area contributed by atoms with Gasteiger partial charge in [0.2, 0.25) is 0 Å². The average Bonchev–Trinajstić information content (AvgIpc) is 0.962. The van der Waals surface area contributed by atoms with Crippen molar-refractivity contribution in [3.8, 4) is 56.4 Å². The first-order chi connectivity index (χ1) is 47.2. The molecule has 0 unspecified atom stereocenters. The van der Waals surface area contributed by atoms with E-state index in [1.54, 1.807) is 84.9 Å². The predicted octanol–water partition coefficient (Wildman–Crippen LogP) is 25.2. The second kappa shape index (κ2) is 42.9. The Balaban J connectivity index is 0.689. The lowest BCUT2D eigenvalue weighted by atomic mass is 10.00. The van der Waals surface area contributed by atoms with Crippen LogP contribution in [0.4, 0.5) is 0 Å². The smallest absolute Gasteiger partial charge is 0.343 e. The van der Waals surface area contributed by atoms with Crippen LogP contribution in [0.25, 0.3) is 33.4 Å². The Morgan fingerprint density at radius 3 is 0.708 bits per heavy atom. The zero-order valence-electron chi connectivity index (χ0n) is 57.8. The van der Waals surface area contributed by atoms with Crippen LogP contribution in [0.3, 0.4) is 0 Å². The van der Waals surface area contributed by atoms with Crippen LogP contribution < -0.4 is 18.9 Å². The number of benzene rings is 8. The van der Waals surface area contributed by atoms with E-state index in [4.69, 9.17) is 18.9 Å². The van der Waals surface area contributed by atoms with Gasteiger partial charge in [0.15, 0.2) is 0 Å². The van der Waals surface area contributed by atoms with Crippen LogP contribution in [0, 0.1) is 0 Å². The second-order valence-electron chi connectivity index (χ2n) is 26.3. The quantitative estimate of drug-likeness (QED) is 0.0211. The van der Waals surface area contributed by atoms with Crippen LogP contribution in [-0.2, 0) is 12.8 Å². The first kappa shape index (κ1) is 73.4. The van der Waals surface area contributed by atoms with Gasteiger partial charge in [-0.25, -0.2) is 19.2 Å². The number of carbonyl (C=O) groups excluding carboxylic acids is 4. The third kappa shape index (κ3) is 26.7. The lowest BCUT2D eigenvalue weighted by Gasteiger charge is -2.10. The van der Waals surface area contributed by atoms with Crippen molar-refractivity contribution in [1.82, 2.24) is 0 Å². The van der Waals surface area contributed by atoms with Crippen molar-refractivity contribution in [1.29, 1.82) is 0 Å². The molecule has 96 heavy (non-hydrogen) atoms. The summed E-state index contributed by atoms with van der Waals surface area (Å²) in [5, 5.41) is 0. The summed E-state index contributed by atoms with van der Waals surface area (Å²) < 4.78 is 22.8. The Morgan fingerprint density at radius 2 is 0.438 bits per heavy atom. The maximum absolute atomic E-state index is 13.3. The van der Waals surface area contributed by atoms with Crippen LogP contribution >= 0.6 is 0 Å². The highest BCUT2D eigenvalue weighted by Gasteiger charge is 2.17. The van der Waals surface area contributed by atoms with E-state index in [-0.39, 0.29) is 22.6 Å². The monoisotopic (exact) mass is 1290 g/mol. The summed E-state index contributed by atoms with van der Waals surface area (Å²) in [7, 11) is 0. The summed E-state index contributed by atoms with van der Waals surface area (Å²) in [6, 6.07) is 59.0. The van der Waals surface area contributed by atoms with Crippen LogP contribution in [0.15, 0.2) is 194 Å². The number of esters is 4. The molecule has 8 aromatic rings. The first-order valence-corrected chi connectivity index (χ1v) is 36.9. The molecular weight excluding hydrogens is 1180 g/mol. The standard InChI is InChI=1S/C88H106O8/c1-3-5-7-9-11-13-15-17-19-21-23-25-27-29-31-33-37-69-43-47-71(48-44-69)73-51-55-77(56-52-73)85(89)95-83-41-35-39-79(67-83)87(91)93-81-63-59-75(60-64-81)76-61-65-82(66-62-76)94-88(92)80-40-36-42-84(68-80)96-86(90)78-57-53-74(54-58-78)72-49-45-70(46-50-72)38-34-32-30-28-26-24-22-20-18-16-14-12-10-8-6-4-2/h35-36,39-68H,3-34,37-38H2,1-2H3. The Labute approximate surface area is 575 Å². The fourth-order valence-electron chi connectivity index (χ4n) is 12.5. The number of unbranched alkanes of at least 4 members (excludes halogenated alkanes) is 30. The van der Waals surface area contributed by atoms with Gasteiger partial charge >= 0.3 is 23.9 Å². The molecule has 0 spiro atoms. The van der Waals surface area contributed by atoms with Crippen LogP contribution in [0.1, 0.15) is 272 Å². The number of hydrogen-bond donors (Lipinski definition) is 0. The van der Waals surface area contributed by atoms with Crippen molar-refractivity contribution < 1.29 is 38.1 Å². The molecule has 0 radical (unpaired) electrons. The number of hydrogen-bond acceptors (Lipinski definition) is 8. The highest BCUT2D eigenvalue weighted by atomic mass is 16.5. The maximum Gasteiger partial charge on any atom is 0.343 e. The van der Waals surface area contributed by atoms with E-state index >= 15 is 0 Å². The maximum atomic E-state index is 13.3. The van der Waals surface area contributed by atoms with Crippen LogP contribution in [0.2, 0.25) is 0 Å². The van der Waals surface area contributed by atoms with Gasteiger partial charge in [0.05, 0.1) is 22.3 Å². The molecule has 8 nitrogen and oxygen atoms in total. The Kier molecular flexibility index (Phi) is 32.9. The molecule has 0 aliphatic heterocycles. The van der Waals surface area contributed by atoms with E-state index in [0.717, 1.165) is 46.2 Å². The highest BCUT2D eigenvalue weighted by molar-refractivity contribution is 5.95. The van der Waals surface area contributed by atoms with Gasteiger partial charge < -0.3 is 18.9 Å². The van der Waals surface area contributed by atoms with Gasteiger partial charge in [-0.1, -0.05) is 316 Å². The van der Waals surface area contributed by atoms with Gasteiger partial charge in [0.25, 0.3) is 0 Å². The molecule has 0 aliphatic carbocycles. The third-order valence-electron chi connectivity index (χ3n) is 18.5. The molecule has 0 bridgehead atoms. The molecule has 0 aliphatic rings. The largest absolute Gasteiger partial charge is 0.423 e. The van der Waals surface area contributed by atoms with E-state index in [0.29, 0.717) is 22.6 Å². The summed E-state index contributed by atoms with van der Waals surface area (Å²) in [5.74, 6) is -1.15.